The third-order valence-electron chi connectivity index (χ3n) is 1.71. The SMILES string of the molecule is O=c1cccc2ccccnc1-2. The van der Waals surface area contributed by atoms with Crippen molar-refractivity contribution in [3.05, 3.63) is 52.8 Å². The fraction of sp³-hybridized carbons (Fsp3) is 0. The molecule has 58 valence electrons. The lowest BCUT2D eigenvalue weighted by molar-refractivity contribution is 1.33. The lowest BCUT2D eigenvalue weighted by Gasteiger charge is -1.94. The summed E-state index contributed by atoms with van der Waals surface area (Å²) in [5.74, 6) is 0. The van der Waals surface area contributed by atoms with E-state index < -0.39 is 0 Å². The molecule has 0 saturated carbocycles. The molecule has 0 fully saturated rings. The van der Waals surface area contributed by atoms with Gasteiger partial charge in [0.25, 0.3) is 0 Å². The Morgan fingerprint density at radius 1 is 1.00 bits per heavy atom. The second-order valence-corrected chi connectivity index (χ2v) is 2.52. The molecule has 0 aromatic carbocycles. The largest absolute Gasteiger partial charge is 0.288 e. The van der Waals surface area contributed by atoms with E-state index in [-0.39, 0.29) is 5.43 Å². The number of para-hydroxylation sites is 1. The predicted octanol–water partition coefficient (Wildman–Crippen LogP) is 1.55. The van der Waals surface area contributed by atoms with E-state index in [2.05, 4.69) is 4.98 Å². The summed E-state index contributed by atoms with van der Waals surface area (Å²) in [5, 5.41) is 0. The minimum Gasteiger partial charge on any atom is -0.288 e. The van der Waals surface area contributed by atoms with Gasteiger partial charge in [0.2, 0.25) is 5.43 Å². The van der Waals surface area contributed by atoms with Crippen LogP contribution >= 0.6 is 0 Å². The highest BCUT2D eigenvalue weighted by molar-refractivity contribution is 5.58. The molecule has 1 heterocycles. The molecule has 0 radical (unpaired) electrons. The van der Waals surface area contributed by atoms with Crippen molar-refractivity contribution in [2.75, 3.05) is 0 Å². The minimum atomic E-state index is -0.0244. The fourth-order valence-corrected chi connectivity index (χ4v) is 1.14. The van der Waals surface area contributed by atoms with Gasteiger partial charge in [0, 0.05) is 11.8 Å². The minimum absolute atomic E-state index is 0.0244. The maximum atomic E-state index is 11.3. The summed E-state index contributed by atoms with van der Waals surface area (Å²) in [6, 6.07) is 10.7. The summed E-state index contributed by atoms with van der Waals surface area (Å²) >= 11 is 0. The zero-order chi connectivity index (χ0) is 8.39. The maximum absolute atomic E-state index is 11.3. The molecule has 12 heavy (non-hydrogen) atoms. The summed E-state index contributed by atoms with van der Waals surface area (Å²) in [6.07, 6.45) is 1.63. The first kappa shape index (κ1) is 6.98. The molecule has 0 N–H and O–H groups in total. The zero-order valence-electron chi connectivity index (χ0n) is 6.40. The van der Waals surface area contributed by atoms with Gasteiger partial charge in [-0.05, 0) is 12.1 Å². The fourth-order valence-electron chi connectivity index (χ4n) is 1.14. The molecule has 0 amide bonds. The smallest absolute Gasteiger partial charge is 0.204 e. The van der Waals surface area contributed by atoms with Crippen LogP contribution in [0.1, 0.15) is 0 Å². The van der Waals surface area contributed by atoms with Crippen LogP contribution in [0.3, 0.4) is 0 Å². The molecule has 2 aliphatic rings. The molecule has 2 heteroatoms. The molecule has 0 aromatic heterocycles. The monoisotopic (exact) mass is 157 g/mol. The Hall–Kier alpha value is -1.70. The van der Waals surface area contributed by atoms with Gasteiger partial charge < -0.3 is 0 Å². The Bertz CT molecular complexity index is 425. The Labute approximate surface area is 69.9 Å². The van der Waals surface area contributed by atoms with Crippen molar-refractivity contribution in [3.8, 4) is 11.3 Å². The molecule has 0 unspecified atom stereocenters. The van der Waals surface area contributed by atoms with Crippen LogP contribution in [0.15, 0.2) is 47.4 Å². The van der Waals surface area contributed by atoms with Crippen LogP contribution in [0.5, 0.6) is 0 Å². The average Bonchev–Trinajstić information content (AvgIpc) is 2.30. The van der Waals surface area contributed by atoms with Crippen molar-refractivity contribution in [2.24, 2.45) is 0 Å². The van der Waals surface area contributed by atoms with Crippen molar-refractivity contribution < 1.29 is 0 Å². The topological polar surface area (TPSA) is 30.0 Å². The van der Waals surface area contributed by atoms with Gasteiger partial charge in [0.05, 0.1) is 0 Å². The van der Waals surface area contributed by atoms with Gasteiger partial charge in [-0.3, -0.25) is 9.78 Å². The van der Waals surface area contributed by atoms with Crippen molar-refractivity contribution in [1.29, 1.82) is 0 Å². The Kier molecular flexibility index (Phi) is 1.59. The van der Waals surface area contributed by atoms with E-state index in [0.717, 1.165) is 5.56 Å². The van der Waals surface area contributed by atoms with E-state index in [1.807, 2.05) is 18.2 Å². The Morgan fingerprint density at radius 3 is 2.75 bits per heavy atom. The number of benzene rings is 1. The van der Waals surface area contributed by atoms with Crippen LogP contribution in [-0.4, -0.2) is 4.98 Å². The molecule has 0 saturated heterocycles. The van der Waals surface area contributed by atoms with E-state index in [4.69, 9.17) is 0 Å². The van der Waals surface area contributed by atoms with Crippen molar-refractivity contribution >= 4 is 0 Å². The number of rotatable bonds is 0. The molecule has 1 aliphatic heterocycles. The van der Waals surface area contributed by atoms with E-state index in [0.29, 0.717) is 5.69 Å². The maximum Gasteiger partial charge on any atom is 0.204 e. The molecule has 2 nitrogen and oxygen atoms in total. The van der Waals surface area contributed by atoms with Gasteiger partial charge in [-0.2, -0.15) is 0 Å². The second kappa shape index (κ2) is 2.74. The number of nitrogens with zero attached hydrogens (tertiary/aromatic N) is 1. The first-order valence-corrected chi connectivity index (χ1v) is 3.72. The normalized spacial score (nSPS) is 10.0. The summed E-state index contributed by atoms with van der Waals surface area (Å²) < 4.78 is 0. The van der Waals surface area contributed by atoms with Crippen LogP contribution in [-0.2, 0) is 0 Å². The highest BCUT2D eigenvalue weighted by atomic mass is 16.1. The molecule has 0 spiro atoms. The van der Waals surface area contributed by atoms with Crippen molar-refractivity contribution in [3.63, 3.8) is 0 Å². The number of hydrogen-bond acceptors (Lipinski definition) is 2. The molecular formula is C10H7NO. The van der Waals surface area contributed by atoms with Crippen LogP contribution < -0.4 is 5.43 Å². The first-order chi connectivity index (χ1) is 5.88. The van der Waals surface area contributed by atoms with Crippen molar-refractivity contribution in [2.45, 2.75) is 0 Å². The van der Waals surface area contributed by atoms with E-state index in [1.54, 1.807) is 18.3 Å². The molecule has 0 bridgehead atoms. The predicted molar refractivity (Wildman–Crippen MR) is 47.1 cm³/mol. The molecule has 2 rings (SSSR count). The van der Waals surface area contributed by atoms with Gasteiger partial charge in [0.15, 0.2) is 0 Å². The van der Waals surface area contributed by atoms with Crippen LogP contribution in [0.25, 0.3) is 11.3 Å². The number of fused-ring (bicyclic) bond motifs is 1. The number of aromatic nitrogens is 1. The molecule has 0 atom stereocenters. The summed E-state index contributed by atoms with van der Waals surface area (Å²) in [7, 11) is 0. The molecule has 1 aliphatic carbocycles. The zero-order valence-corrected chi connectivity index (χ0v) is 6.40. The highest BCUT2D eigenvalue weighted by Crippen LogP contribution is 2.10. The van der Waals surface area contributed by atoms with Crippen LogP contribution in [0, 0.1) is 0 Å². The Balaban J connectivity index is 2.88. The lowest BCUT2D eigenvalue weighted by Crippen LogP contribution is -2.03. The highest BCUT2D eigenvalue weighted by Gasteiger charge is 2.01. The number of hydrogen-bond donors (Lipinski definition) is 0. The quantitative estimate of drug-likeness (QED) is 0.580. The van der Waals surface area contributed by atoms with E-state index in [1.165, 1.54) is 6.07 Å². The summed E-state index contributed by atoms with van der Waals surface area (Å²) in [6.45, 7) is 0. The third-order valence-corrected chi connectivity index (χ3v) is 1.71. The van der Waals surface area contributed by atoms with Gasteiger partial charge in [-0.25, -0.2) is 0 Å². The van der Waals surface area contributed by atoms with Gasteiger partial charge >= 0.3 is 0 Å². The molecule has 0 aromatic rings. The average molecular weight is 157 g/mol. The van der Waals surface area contributed by atoms with Crippen molar-refractivity contribution in [1.82, 2.24) is 4.98 Å². The van der Waals surface area contributed by atoms with Crippen LogP contribution in [0.2, 0.25) is 0 Å². The first-order valence-electron chi connectivity index (χ1n) is 3.72. The second-order valence-electron chi connectivity index (χ2n) is 2.52. The van der Waals surface area contributed by atoms with Crippen LogP contribution in [0.4, 0.5) is 0 Å². The van der Waals surface area contributed by atoms with Gasteiger partial charge in [-0.1, -0.05) is 24.3 Å². The molecular weight excluding hydrogens is 150 g/mol. The third kappa shape index (κ3) is 1.07. The summed E-state index contributed by atoms with van der Waals surface area (Å²) in [5.41, 5.74) is 1.39. The standard InChI is InChI=1S/C10H7NO/c12-9-6-3-5-8-4-1-2-7-11-10(8)9/h1-7H. The Morgan fingerprint density at radius 2 is 1.83 bits per heavy atom. The van der Waals surface area contributed by atoms with E-state index >= 15 is 0 Å². The van der Waals surface area contributed by atoms with Gasteiger partial charge in [-0.15, -0.1) is 0 Å². The van der Waals surface area contributed by atoms with E-state index in [9.17, 15) is 4.79 Å². The summed E-state index contributed by atoms with van der Waals surface area (Å²) in [4.78, 5) is 15.3. The van der Waals surface area contributed by atoms with Gasteiger partial charge in [0.1, 0.15) is 5.69 Å². The lowest BCUT2D eigenvalue weighted by atomic mass is 10.1.